The summed E-state index contributed by atoms with van der Waals surface area (Å²) in [5.41, 5.74) is -0.685. The van der Waals surface area contributed by atoms with Gasteiger partial charge in [-0.2, -0.15) is 13.2 Å². The van der Waals surface area contributed by atoms with Gasteiger partial charge in [-0.25, -0.2) is 8.42 Å². The van der Waals surface area contributed by atoms with Crippen molar-refractivity contribution in [2.75, 3.05) is 18.1 Å². The number of alkyl halides is 3. The normalized spacial score (nSPS) is 20.4. The Labute approximate surface area is 133 Å². The number of amides is 1. The number of rotatable bonds is 4. The number of carbonyl (C=O) groups excluding carboxylic acids is 1. The highest BCUT2D eigenvalue weighted by atomic mass is 32.2. The van der Waals surface area contributed by atoms with Gasteiger partial charge in [-0.15, -0.1) is 0 Å². The number of sulfone groups is 1. The molecule has 0 aromatic heterocycles. The molecule has 1 saturated heterocycles. The van der Waals surface area contributed by atoms with Gasteiger partial charge in [0.1, 0.15) is 0 Å². The van der Waals surface area contributed by atoms with Crippen LogP contribution in [0, 0.1) is 0 Å². The van der Waals surface area contributed by atoms with Crippen molar-refractivity contribution in [2.24, 2.45) is 0 Å². The van der Waals surface area contributed by atoms with E-state index < -0.39 is 33.5 Å². The Morgan fingerprint density at radius 3 is 2.30 bits per heavy atom. The second-order valence-electron chi connectivity index (χ2n) is 5.63. The van der Waals surface area contributed by atoms with Crippen LogP contribution in [0.25, 0.3) is 0 Å². The van der Waals surface area contributed by atoms with Gasteiger partial charge in [0.15, 0.2) is 9.84 Å². The summed E-state index contributed by atoms with van der Waals surface area (Å²) in [5.74, 6) is -0.472. The molecular formula is C15H18F3NO3S. The molecule has 0 N–H and O–H groups in total. The third-order valence-corrected chi connectivity index (χ3v) is 5.58. The first-order valence-corrected chi connectivity index (χ1v) is 9.15. The van der Waals surface area contributed by atoms with Crippen LogP contribution in [-0.2, 0) is 16.0 Å². The number of halogens is 3. The fourth-order valence-corrected chi connectivity index (χ4v) is 4.41. The predicted molar refractivity (Wildman–Crippen MR) is 79.8 cm³/mol. The first-order valence-electron chi connectivity index (χ1n) is 7.32. The topological polar surface area (TPSA) is 54.5 Å². The SMILES string of the molecule is CCCN(C(=O)c1ccc(C(F)(F)F)cc1)C1CCS(=O)(=O)C1. The minimum atomic E-state index is -4.45. The summed E-state index contributed by atoms with van der Waals surface area (Å²) >= 11 is 0. The highest BCUT2D eigenvalue weighted by Gasteiger charge is 2.35. The summed E-state index contributed by atoms with van der Waals surface area (Å²) in [4.78, 5) is 14.0. The van der Waals surface area contributed by atoms with Gasteiger partial charge in [-0.1, -0.05) is 6.92 Å². The number of benzene rings is 1. The molecule has 1 fully saturated rings. The predicted octanol–water partition coefficient (Wildman–Crippen LogP) is 2.74. The van der Waals surface area contributed by atoms with Crippen LogP contribution < -0.4 is 0 Å². The number of hydrogen-bond donors (Lipinski definition) is 0. The molecule has 8 heteroatoms. The molecule has 0 radical (unpaired) electrons. The lowest BCUT2D eigenvalue weighted by Gasteiger charge is -2.28. The third-order valence-electron chi connectivity index (χ3n) is 3.83. The maximum absolute atomic E-state index is 12.6. The van der Waals surface area contributed by atoms with Gasteiger partial charge in [0.2, 0.25) is 0 Å². The quantitative estimate of drug-likeness (QED) is 0.840. The fourth-order valence-electron chi connectivity index (χ4n) is 2.68. The van der Waals surface area contributed by atoms with Gasteiger partial charge in [0, 0.05) is 18.2 Å². The first-order chi connectivity index (χ1) is 10.6. The van der Waals surface area contributed by atoms with E-state index in [1.807, 2.05) is 6.92 Å². The molecule has 4 nitrogen and oxygen atoms in total. The van der Waals surface area contributed by atoms with Crippen molar-refractivity contribution >= 4 is 15.7 Å². The lowest BCUT2D eigenvalue weighted by molar-refractivity contribution is -0.137. The monoisotopic (exact) mass is 349 g/mol. The number of hydrogen-bond acceptors (Lipinski definition) is 3. The Morgan fingerprint density at radius 2 is 1.87 bits per heavy atom. The minimum absolute atomic E-state index is 0.0399. The molecule has 0 bridgehead atoms. The molecule has 0 saturated carbocycles. The molecular weight excluding hydrogens is 331 g/mol. The number of carbonyl (C=O) groups is 1. The summed E-state index contributed by atoms with van der Waals surface area (Å²) in [6, 6.07) is 3.59. The Morgan fingerprint density at radius 1 is 1.26 bits per heavy atom. The first kappa shape index (κ1) is 17.8. The minimum Gasteiger partial charge on any atom is -0.335 e. The molecule has 2 rings (SSSR count). The molecule has 1 aliphatic heterocycles. The molecule has 128 valence electrons. The molecule has 1 amide bonds. The van der Waals surface area contributed by atoms with Crippen molar-refractivity contribution in [1.29, 1.82) is 0 Å². The Hall–Kier alpha value is -1.57. The van der Waals surface area contributed by atoms with Crippen molar-refractivity contribution < 1.29 is 26.4 Å². The smallest absolute Gasteiger partial charge is 0.335 e. The van der Waals surface area contributed by atoms with E-state index in [2.05, 4.69) is 0 Å². The van der Waals surface area contributed by atoms with Crippen molar-refractivity contribution in [3.05, 3.63) is 35.4 Å². The molecule has 1 atom stereocenters. The molecule has 23 heavy (non-hydrogen) atoms. The summed E-state index contributed by atoms with van der Waals surface area (Å²) in [5, 5.41) is 0. The lowest BCUT2D eigenvalue weighted by Crippen LogP contribution is -2.41. The van der Waals surface area contributed by atoms with Crippen molar-refractivity contribution in [3.8, 4) is 0 Å². The zero-order valence-electron chi connectivity index (χ0n) is 12.6. The summed E-state index contributed by atoms with van der Waals surface area (Å²) in [6.45, 7) is 2.23. The zero-order valence-corrected chi connectivity index (χ0v) is 13.5. The average molecular weight is 349 g/mol. The third kappa shape index (κ3) is 4.25. The van der Waals surface area contributed by atoms with Crippen LogP contribution in [0.1, 0.15) is 35.7 Å². The van der Waals surface area contributed by atoms with E-state index in [-0.39, 0.29) is 17.1 Å². The van der Waals surface area contributed by atoms with Gasteiger partial charge < -0.3 is 4.90 Å². The Kier molecular flexibility index (Phi) is 5.03. The Balaban J connectivity index is 2.21. The van der Waals surface area contributed by atoms with Gasteiger partial charge in [0.05, 0.1) is 17.1 Å². The van der Waals surface area contributed by atoms with Crippen LogP contribution in [0.2, 0.25) is 0 Å². The summed E-state index contributed by atoms with van der Waals surface area (Å²) < 4.78 is 60.9. The molecule has 0 aliphatic carbocycles. The second kappa shape index (κ2) is 6.51. The molecule has 1 heterocycles. The van der Waals surface area contributed by atoms with Crippen LogP contribution in [-0.4, -0.2) is 43.3 Å². The van der Waals surface area contributed by atoms with E-state index in [9.17, 15) is 26.4 Å². The second-order valence-corrected chi connectivity index (χ2v) is 7.86. The van der Waals surface area contributed by atoms with E-state index in [4.69, 9.17) is 0 Å². The van der Waals surface area contributed by atoms with Crippen molar-refractivity contribution in [2.45, 2.75) is 32.0 Å². The zero-order chi connectivity index (χ0) is 17.3. The number of nitrogens with zero attached hydrogens (tertiary/aromatic N) is 1. The maximum atomic E-state index is 12.6. The van der Waals surface area contributed by atoms with Crippen molar-refractivity contribution in [1.82, 2.24) is 4.90 Å². The van der Waals surface area contributed by atoms with Gasteiger partial charge in [0.25, 0.3) is 5.91 Å². The van der Waals surface area contributed by atoms with Crippen LogP contribution >= 0.6 is 0 Å². The van der Waals surface area contributed by atoms with Gasteiger partial charge >= 0.3 is 6.18 Å². The molecule has 1 unspecified atom stereocenters. The molecule has 0 spiro atoms. The fraction of sp³-hybridized carbons (Fsp3) is 0.533. The van der Waals surface area contributed by atoms with E-state index in [1.54, 1.807) is 0 Å². The van der Waals surface area contributed by atoms with Crippen LogP contribution in [0.5, 0.6) is 0 Å². The standard InChI is InChI=1S/C15H18F3NO3S/c1-2-8-19(13-7-9-23(21,22)10-13)14(20)11-3-5-12(6-4-11)15(16,17)18/h3-6,13H,2,7-10H2,1H3. The van der Waals surface area contributed by atoms with Crippen LogP contribution in [0.15, 0.2) is 24.3 Å². The van der Waals surface area contributed by atoms with Gasteiger partial charge in [-0.05, 0) is 37.1 Å². The lowest BCUT2D eigenvalue weighted by atomic mass is 10.1. The van der Waals surface area contributed by atoms with E-state index >= 15 is 0 Å². The summed E-state index contributed by atoms with van der Waals surface area (Å²) in [6.07, 6.45) is -3.44. The van der Waals surface area contributed by atoms with E-state index in [0.717, 1.165) is 24.3 Å². The molecule has 1 aromatic rings. The molecule has 1 aliphatic rings. The van der Waals surface area contributed by atoms with Crippen molar-refractivity contribution in [3.63, 3.8) is 0 Å². The highest BCUT2D eigenvalue weighted by molar-refractivity contribution is 7.91. The van der Waals surface area contributed by atoms with E-state index in [0.29, 0.717) is 19.4 Å². The summed E-state index contributed by atoms with van der Waals surface area (Å²) in [7, 11) is -3.14. The Bertz CT molecular complexity index is 668. The van der Waals surface area contributed by atoms with Crippen LogP contribution in [0.3, 0.4) is 0 Å². The van der Waals surface area contributed by atoms with E-state index in [1.165, 1.54) is 4.90 Å². The maximum Gasteiger partial charge on any atom is 0.416 e. The highest BCUT2D eigenvalue weighted by Crippen LogP contribution is 2.29. The van der Waals surface area contributed by atoms with Gasteiger partial charge in [-0.3, -0.25) is 4.79 Å². The molecule has 1 aromatic carbocycles. The average Bonchev–Trinajstić information content (AvgIpc) is 2.83. The largest absolute Gasteiger partial charge is 0.416 e. The van der Waals surface area contributed by atoms with Crippen LogP contribution in [0.4, 0.5) is 13.2 Å².